The highest BCUT2D eigenvalue weighted by atomic mass is 19.1. The van der Waals surface area contributed by atoms with Gasteiger partial charge < -0.3 is 10.2 Å². The van der Waals surface area contributed by atoms with Crippen LogP contribution in [0.3, 0.4) is 0 Å². The molecular weight excluding hydrogens is 215 g/mol. The lowest BCUT2D eigenvalue weighted by Gasteiger charge is -2.32. The molecule has 2 atom stereocenters. The molecule has 0 aromatic heterocycles. The van der Waals surface area contributed by atoms with Gasteiger partial charge >= 0.3 is 0 Å². The van der Waals surface area contributed by atoms with Gasteiger partial charge in [-0.05, 0) is 51.3 Å². The fourth-order valence-electron chi connectivity index (χ4n) is 2.39. The normalized spacial score (nSPS) is 14.9. The minimum Gasteiger partial charge on any atom is -0.319 e. The van der Waals surface area contributed by atoms with Crippen LogP contribution in [0.1, 0.15) is 24.9 Å². The molecule has 0 heterocycles. The van der Waals surface area contributed by atoms with E-state index in [9.17, 15) is 4.39 Å². The molecule has 1 aromatic carbocycles. The van der Waals surface area contributed by atoms with Gasteiger partial charge in [0.15, 0.2) is 0 Å². The molecule has 0 bridgehead atoms. The van der Waals surface area contributed by atoms with E-state index in [1.54, 1.807) is 0 Å². The molecule has 96 valence electrons. The van der Waals surface area contributed by atoms with Crippen LogP contribution in [0.2, 0.25) is 0 Å². The van der Waals surface area contributed by atoms with Crippen LogP contribution in [0.4, 0.5) is 4.39 Å². The molecule has 2 nitrogen and oxygen atoms in total. The van der Waals surface area contributed by atoms with Crippen LogP contribution in [0.15, 0.2) is 24.3 Å². The second-order valence-corrected chi connectivity index (χ2v) is 4.69. The minimum atomic E-state index is -0.173. The number of nitrogens with zero attached hydrogens (tertiary/aromatic N) is 1. The standard InChI is InChI=1S/C14H23FN2/c1-5-11(10-16-2)14(17(3)4)12-6-8-13(15)9-7-12/h6-9,11,14,16H,5,10H2,1-4H3. The number of nitrogens with one attached hydrogen (secondary N) is 1. The molecule has 0 aliphatic rings. The number of rotatable bonds is 6. The molecule has 0 saturated heterocycles. The fraction of sp³-hybridized carbons (Fsp3) is 0.571. The lowest BCUT2D eigenvalue weighted by atomic mass is 9.90. The monoisotopic (exact) mass is 238 g/mol. The molecule has 0 amide bonds. The summed E-state index contributed by atoms with van der Waals surface area (Å²) in [6, 6.07) is 7.18. The molecular formula is C14H23FN2. The van der Waals surface area contributed by atoms with Gasteiger partial charge in [0, 0.05) is 6.04 Å². The van der Waals surface area contributed by atoms with Crippen molar-refractivity contribution >= 4 is 0 Å². The zero-order chi connectivity index (χ0) is 12.8. The van der Waals surface area contributed by atoms with E-state index in [1.165, 1.54) is 17.7 Å². The molecule has 0 fully saturated rings. The number of halogens is 1. The molecule has 0 aliphatic carbocycles. The summed E-state index contributed by atoms with van der Waals surface area (Å²) in [6.07, 6.45) is 1.10. The Morgan fingerprint density at radius 1 is 1.24 bits per heavy atom. The van der Waals surface area contributed by atoms with Gasteiger partial charge in [0.05, 0.1) is 0 Å². The van der Waals surface area contributed by atoms with E-state index in [0.717, 1.165) is 13.0 Å². The summed E-state index contributed by atoms with van der Waals surface area (Å²) in [4.78, 5) is 2.21. The summed E-state index contributed by atoms with van der Waals surface area (Å²) < 4.78 is 13.0. The Kier molecular flexibility index (Phi) is 5.59. The van der Waals surface area contributed by atoms with Crippen molar-refractivity contribution in [2.45, 2.75) is 19.4 Å². The summed E-state index contributed by atoms with van der Waals surface area (Å²) >= 11 is 0. The van der Waals surface area contributed by atoms with E-state index in [4.69, 9.17) is 0 Å². The van der Waals surface area contributed by atoms with Gasteiger partial charge in [0.25, 0.3) is 0 Å². The van der Waals surface area contributed by atoms with Crippen LogP contribution in [0.5, 0.6) is 0 Å². The maximum atomic E-state index is 13.0. The Labute approximate surface area is 104 Å². The van der Waals surface area contributed by atoms with E-state index in [-0.39, 0.29) is 5.82 Å². The van der Waals surface area contributed by atoms with Crippen LogP contribution in [0, 0.1) is 11.7 Å². The molecule has 1 rings (SSSR count). The average Bonchev–Trinajstić information content (AvgIpc) is 2.30. The van der Waals surface area contributed by atoms with E-state index in [2.05, 4.69) is 31.2 Å². The number of benzene rings is 1. The Balaban J connectivity index is 2.95. The largest absolute Gasteiger partial charge is 0.319 e. The zero-order valence-corrected chi connectivity index (χ0v) is 11.2. The Bertz CT molecular complexity index is 321. The second kappa shape index (κ2) is 6.72. The highest BCUT2D eigenvalue weighted by Gasteiger charge is 2.23. The van der Waals surface area contributed by atoms with Crippen LogP contribution < -0.4 is 5.32 Å². The van der Waals surface area contributed by atoms with Gasteiger partial charge in [0.2, 0.25) is 0 Å². The topological polar surface area (TPSA) is 15.3 Å². The van der Waals surface area contributed by atoms with Gasteiger partial charge in [-0.1, -0.05) is 25.5 Å². The first-order valence-electron chi connectivity index (χ1n) is 6.16. The van der Waals surface area contributed by atoms with Gasteiger partial charge in [-0.15, -0.1) is 0 Å². The third kappa shape index (κ3) is 3.79. The summed E-state index contributed by atoms with van der Waals surface area (Å²) in [5, 5.41) is 3.23. The van der Waals surface area contributed by atoms with Crippen LogP contribution >= 0.6 is 0 Å². The quantitative estimate of drug-likeness (QED) is 0.819. The SMILES string of the molecule is CCC(CNC)C(c1ccc(F)cc1)N(C)C. The van der Waals surface area contributed by atoms with Crippen LogP contribution in [-0.2, 0) is 0 Å². The highest BCUT2D eigenvalue weighted by molar-refractivity contribution is 5.20. The predicted molar refractivity (Wildman–Crippen MR) is 70.5 cm³/mol. The molecule has 1 aromatic rings. The molecule has 3 heteroatoms. The number of hydrogen-bond donors (Lipinski definition) is 1. The number of hydrogen-bond acceptors (Lipinski definition) is 2. The first kappa shape index (κ1) is 14.1. The summed E-state index contributed by atoms with van der Waals surface area (Å²) in [7, 11) is 6.12. The summed E-state index contributed by atoms with van der Waals surface area (Å²) in [5.41, 5.74) is 1.18. The molecule has 0 saturated carbocycles. The first-order valence-corrected chi connectivity index (χ1v) is 6.16. The lowest BCUT2D eigenvalue weighted by Crippen LogP contribution is -2.32. The van der Waals surface area contributed by atoms with Crippen molar-refractivity contribution in [3.8, 4) is 0 Å². The summed E-state index contributed by atoms with van der Waals surface area (Å²) in [5.74, 6) is 0.355. The molecule has 0 aliphatic heterocycles. The maximum Gasteiger partial charge on any atom is 0.123 e. The van der Waals surface area contributed by atoms with Gasteiger partial charge in [-0.2, -0.15) is 0 Å². The third-order valence-corrected chi connectivity index (χ3v) is 3.21. The molecule has 1 N–H and O–H groups in total. The smallest absolute Gasteiger partial charge is 0.123 e. The van der Waals surface area contributed by atoms with E-state index < -0.39 is 0 Å². The molecule has 2 unspecified atom stereocenters. The molecule has 0 radical (unpaired) electrons. The Morgan fingerprint density at radius 3 is 2.24 bits per heavy atom. The van der Waals surface area contributed by atoms with Crippen molar-refractivity contribution in [1.82, 2.24) is 10.2 Å². The van der Waals surface area contributed by atoms with Crippen molar-refractivity contribution in [1.29, 1.82) is 0 Å². The maximum absolute atomic E-state index is 13.0. The fourth-order valence-corrected chi connectivity index (χ4v) is 2.39. The van der Waals surface area contributed by atoms with Crippen molar-refractivity contribution in [2.75, 3.05) is 27.7 Å². The van der Waals surface area contributed by atoms with Crippen LogP contribution in [-0.4, -0.2) is 32.6 Å². The first-order chi connectivity index (χ1) is 8.10. The van der Waals surface area contributed by atoms with Crippen molar-refractivity contribution in [3.05, 3.63) is 35.6 Å². The van der Waals surface area contributed by atoms with Gasteiger partial charge in [0.1, 0.15) is 5.82 Å². The second-order valence-electron chi connectivity index (χ2n) is 4.69. The van der Waals surface area contributed by atoms with Crippen molar-refractivity contribution in [3.63, 3.8) is 0 Å². The van der Waals surface area contributed by atoms with Gasteiger partial charge in [-0.3, -0.25) is 0 Å². The highest BCUT2D eigenvalue weighted by Crippen LogP contribution is 2.28. The molecule has 17 heavy (non-hydrogen) atoms. The van der Waals surface area contributed by atoms with E-state index in [1.807, 2.05) is 19.2 Å². The third-order valence-electron chi connectivity index (χ3n) is 3.21. The lowest BCUT2D eigenvalue weighted by molar-refractivity contribution is 0.204. The predicted octanol–water partition coefficient (Wildman–Crippen LogP) is 2.67. The Morgan fingerprint density at radius 2 is 1.82 bits per heavy atom. The minimum absolute atomic E-state index is 0.173. The molecule has 0 spiro atoms. The summed E-state index contributed by atoms with van der Waals surface area (Å²) in [6.45, 7) is 3.17. The Hall–Kier alpha value is -0.930. The van der Waals surface area contributed by atoms with Crippen LogP contribution in [0.25, 0.3) is 0 Å². The van der Waals surface area contributed by atoms with Crippen molar-refractivity contribution < 1.29 is 4.39 Å². The van der Waals surface area contributed by atoms with Crippen molar-refractivity contribution in [2.24, 2.45) is 5.92 Å². The average molecular weight is 238 g/mol. The van der Waals surface area contributed by atoms with Gasteiger partial charge in [-0.25, -0.2) is 4.39 Å². The van der Waals surface area contributed by atoms with E-state index >= 15 is 0 Å². The van der Waals surface area contributed by atoms with E-state index in [0.29, 0.717) is 12.0 Å². The zero-order valence-electron chi connectivity index (χ0n) is 11.2.